The molecule has 2 unspecified atom stereocenters. The molecule has 1 aliphatic heterocycles. The topological polar surface area (TPSA) is 77.0 Å². The van der Waals surface area contributed by atoms with E-state index < -0.39 is 12.1 Å². The van der Waals surface area contributed by atoms with E-state index in [1.807, 2.05) is 0 Å². The predicted octanol–water partition coefficient (Wildman–Crippen LogP) is -1.47. The van der Waals surface area contributed by atoms with Gasteiger partial charge in [0.15, 0.2) is 6.10 Å². The van der Waals surface area contributed by atoms with Gasteiger partial charge in [-0.3, -0.25) is 4.79 Å². The van der Waals surface area contributed by atoms with Crippen LogP contribution in [0.2, 0.25) is 0 Å². The third-order valence-corrected chi connectivity index (χ3v) is 2.04. The quantitative estimate of drug-likeness (QED) is 0.590. The summed E-state index contributed by atoms with van der Waals surface area (Å²) in [4.78, 5) is 11.6. The van der Waals surface area contributed by atoms with E-state index in [1.165, 1.54) is 7.11 Å². The summed E-state index contributed by atoms with van der Waals surface area (Å²) in [5.41, 5.74) is 0. The molecule has 0 radical (unpaired) electrons. The zero-order valence-electron chi connectivity index (χ0n) is 8.77. The number of aliphatic hydroxyl groups excluding tert-OH is 1. The first kappa shape index (κ1) is 12.4. The fourth-order valence-electron chi connectivity index (χ4n) is 1.27. The van der Waals surface area contributed by atoms with E-state index in [9.17, 15) is 4.79 Å². The molecule has 6 nitrogen and oxygen atoms in total. The summed E-state index contributed by atoms with van der Waals surface area (Å²) < 4.78 is 15.1. The van der Waals surface area contributed by atoms with E-state index in [1.54, 1.807) is 0 Å². The molecular weight excluding hydrogens is 202 g/mol. The molecule has 1 saturated heterocycles. The maximum Gasteiger partial charge on any atom is 0.251 e. The van der Waals surface area contributed by atoms with Gasteiger partial charge >= 0.3 is 0 Å². The maximum atomic E-state index is 11.6. The normalized spacial score (nSPS) is 23.5. The molecule has 15 heavy (non-hydrogen) atoms. The third-order valence-electron chi connectivity index (χ3n) is 2.04. The minimum absolute atomic E-state index is 0.160. The van der Waals surface area contributed by atoms with Crippen LogP contribution in [0.4, 0.5) is 0 Å². The van der Waals surface area contributed by atoms with Crippen LogP contribution in [-0.2, 0) is 19.0 Å². The molecule has 2 atom stereocenters. The number of hydrogen-bond donors (Lipinski definition) is 2. The lowest BCUT2D eigenvalue weighted by Gasteiger charge is -2.24. The van der Waals surface area contributed by atoms with E-state index in [-0.39, 0.29) is 25.7 Å². The second-order valence-corrected chi connectivity index (χ2v) is 3.28. The van der Waals surface area contributed by atoms with E-state index in [2.05, 4.69) is 5.32 Å². The monoisotopic (exact) mass is 219 g/mol. The molecular formula is C9H17NO5. The number of carbonyl (C=O) groups is 1. The van der Waals surface area contributed by atoms with Gasteiger partial charge < -0.3 is 24.6 Å². The van der Waals surface area contributed by atoms with Crippen molar-refractivity contribution >= 4 is 5.91 Å². The largest absolute Gasteiger partial charge is 0.394 e. The molecule has 2 N–H and O–H groups in total. The van der Waals surface area contributed by atoms with Crippen molar-refractivity contribution < 1.29 is 24.1 Å². The lowest BCUT2D eigenvalue weighted by atomic mass is 10.2. The van der Waals surface area contributed by atoms with Crippen LogP contribution in [0, 0.1) is 0 Å². The van der Waals surface area contributed by atoms with Crippen molar-refractivity contribution in [3.05, 3.63) is 0 Å². The Kier molecular flexibility index (Phi) is 5.56. The molecule has 6 heteroatoms. The number of carbonyl (C=O) groups excluding carboxylic acids is 1. The summed E-state index contributed by atoms with van der Waals surface area (Å²) in [5.74, 6) is -0.272. The van der Waals surface area contributed by atoms with Gasteiger partial charge in [0, 0.05) is 7.11 Å². The number of methoxy groups -OCH3 is 1. The Morgan fingerprint density at radius 1 is 1.67 bits per heavy atom. The summed E-state index contributed by atoms with van der Waals surface area (Å²) in [5, 5.41) is 11.6. The highest BCUT2D eigenvalue weighted by Crippen LogP contribution is 2.01. The van der Waals surface area contributed by atoms with Crippen molar-refractivity contribution in [2.75, 3.05) is 40.1 Å². The average molecular weight is 219 g/mol. The Morgan fingerprint density at radius 3 is 3.00 bits per heavy atom. The molecule has 0 bridgehead atoms. The summed E-state index contributed by atoms with van der Waals surface area (Å²) in [6, 6.07) is -0.395. The number of hydrogen-bond acceptors (Lipinski definition) is 5. The number of aliphatic hydroxyl groups is 1. The summed E-state index contributed by atoms with van der Waals surface area (Å²) in [6.07, 6.45) is -0.579. The molecule has 1 heterocycles. The van der Waals surface area contributed by atoms with Gasteiger partial charge in [-0.05, 0) is 0 Å². The van der Waals surface area contributed by atoms with Crippen molar-refractivity contribution in [1.82, 2.24) is 5.32 Å². The van der Waals surface area contributed by atoms with E-state index in [4.69, 9.17) is 19.3 Å². The second-order valence-electron chi connectivity index (χ2n) is 3.28. The predicted molar refractivity (Wildman–Crippen MR) is 51.5 cm³/mol. The fraction of sp³-hybridized carbons (Fsp3) is 0.889. The highest BCUT2D eigenvalue weighted by molar-refractivity contribution is 5.81. The van der Waals surface area contributed by atoms with Gasteiger partial charge in [0.05, 0.1) is 39.1 Å². The standard InChI is InChI=1S/C9H17NO5/c1-13-5-7(4-11)10-9(12)8-6-14-2-3-15-8/h7-8,11H,2-6H2,1H3,(H,10,12). The molecule has 88 valence electrons. The number of rotatable bonds is 5. The Morgan fingerprint density at radius 2 is 2.47 bits per heavy atom. The molecule has 0 aliphatic carbocycles. The smallest absolute Gasteiger partial charge is 0.251 e. The van der Waals surface area contributed by atoms with Crippen molar-refractivity contribution in [3.63, 3.8) is 0 Å². The maximum absolute atomic E-state index is 11.6. The van der Waals surface area contributed by atoms with Crippen LogP contribution >= 0.6 is 0 Å². The first-order valence-corrected chi connectivity index (χ1v) is 4.87. The fourth-order valence-corrected chi connectivity index (χ4v) is 1.27. The molecule has 1 fully saturated rings. The van der Waals surface area contributed by atoms with Crippen molar-refractivity contribution in [1.29, 1.82) is 0 Å². The van der Waals surface area contributed by atoms with Gasteiger partial charge in [-0.15, -0.1) is 0 Å². The Hall–Kier alpha value is -0.690. The van der Waals surface area contributed by atoms with Gasteiger partial charge in [0.25, 0.3) is 5.91 Å². The van der Waals surface area contributed by atoms with Crippen molar-refractivity contribution in [3.8, 4) is 0 Å². The SMILES string of the molecule is COCC(CO)NC(=O)C1COCCO1. The molecule has 0 aromatic heterocycles. The van der Waals surface area contributed by atoms with Gasteiger partial charge in [0.1, 0.15) is 0 Å². The number of nitrogens with one attached hydrogen (secondary N) is 1. The minimum atomic E-state index is -0.579. The first-order valence-electron chi connectivity index (χ1n) is 4.87. The molecule has 1 rings (SSSR count). The lowest BCUT2D eigenvalue weighted by molar-refractivity contribution is -0.148. The summed E-state index contributed by atoms with van der Waals surface area (Å²) in [6.45, 7) is 1.32. The molecule has 1 amide bonds. The van der Waals surface area contributed by atoms with Crippen LogP contribution in [0.15, 0.2) is 0 Å². The van der Waals surface area contributed by atoms with Gasteiger partial charge in [-0.1, -0.05) is 0 Å². The second kappa shape index (κ2) is 6.73. The van der Waals surface area contributed by atoms with Gasteiger partial charge in [-0.25, -0.2) is 0 Å². The molecule has 0 spiro atoms. The zero-order chi connectivity index (χ0) is 11.1. The van der Waals surface area contributed by atoms with Crippen LogP contribution in [0.25, 0.3) is 0 Å². The van der Waals surface area contributed by atoms with Crippen molar-refractivity contribution in [2.45, 2.75) is 12.1 Å². The average Bonchev–Trinajstić information content (AvgIpc) is 2.29. The highest BCUT2D eigenvalue weighted by atomic mass is 16.6. The number of amides is 1. The Bertz CT molecular complexity index is 193. The molecule has 0 saturated carbocycles. The number of ether oxygens (including phenoxy) is 3. The first-order chi connectivity index (χ1) is 7.27. The molecule has 0 aromatic rings. The van der Waals surface area contributed by atoms with Crippen LogP contribution < -0.4 is 5.32 Å². The third kappa shape index (κ3) is 4.13. The molecule has 1 aliphatic rings. The molecule has 0 aromatic carbocycles. The van der Waals surface area contributed by atoms with Gasteiger partial charge in [0.2, 0.25) is 0 Å². The van der Waals surface area contributed by atoms with Crippen molar-refractivity contribution in [2.24, 2.45) is 0 Å². The van der Waals surface area contributed by atoms with E-state index in [0.29, 0.717) is 13.2 Å². The van der Waals surface area contributed by atoms with E-state index in [0.717, 1.165) is 0 Å². The minimum Gasteiger partial charge on any atom is -0.394 e. The van der Waals surface area contributed by atoms with Crippen LogP contribution in [-0.4, -0.2) is 63.3 Å². The van der Waals surface area contributed by atoms with Gasteiger partial charge in [-0.2, -0.15) is 0 Å². The Balaban J connectivity index is 2.31. The van der Waals surface area contributed by atoms with E-state index >= 15 is 0 Å². The summed E-state index contributed by atoms with van der Waals surface area (Å²) >= 11 is 0. The lowest BCUT2D eigenvalue weighted by Crippen LogP contribution is -2.49. The highest BCUT2D eigenvalue weighted by Gasteiger charge is 2.24. The van der Waals surface area contributed by atoms with Crippen LogP contribution in [0.5, 0.6) is 0 Å². The summed E-state index contributed by atoms with van der Waals surface area (Å²) in [7, 11) is 1.51. The Labute approximate surface area is 88.5 Å². The van der Waals surface area contributed by atoms with Crippen LogP contribution in [0.1, 0.15) is 0 Å². The van der Waals surface area contributed by atoms with Crippen LogP contribution in [0.3, 0.4) is 0 Å². The zero-order valence-corrected chi connectivity index (χ0v) is 8.77.